The lowest BCUT2D eigenvalue weighted by Crippen LogP contribution is -2.35. The maximum atomic E-state index is 13.3. The van der Waals surface area contributed by atoms with Crippen LogP contribution in [-0.4, -0.2) is 28.6 Å². The minimum Gasteiger partial charge on any atom is -0.478 e. The smallest absolute Gasteiger partial charge is 0.346 e. The number of benzene rings is 1. The lowest BCUT2D eigenvalue weighted by atomic mass is 10.2. The molecule has 1 aromatic rings. The average Bonchev–Trinajstić information content (AvgIpc) is 2.28. The number of carbonyl (C=O) groups is 1. The van der Waals surface area contributed by atoms with Gasteiger partial charge in [-0.2, -0.15) is 4.39 Å². The van der Waals surface area contributed by atoms with Crippen molar-refractivity contribution in [3.8, 4) is 5.75 Å². The van der Waals surface area contributed by atoms with Gasteiger partial charge in [-0.25, -0.2) is 9.18 Å². The fourth-order valence-electron chi connectivity index (χ4n) is 1.10. The van der Waals surface area contributed by atoms with Crippen LogP contribution in [-0.2, 0) is 4.79 Å². The number of carboxylic acid groups (broad SMARTS) is 1. The molecule has 0 bridgehead atoms. The van der Waals surface area contributed by atoms with Crippen LogP contribution in [0.25, 0.3) is 0 Å². The van der Waals surface area contributed by atoms with E-state index in [0.717, 1.165) is 0 Å². The SMILES string of the molecule is NCC(Oc1cc(F)c([N+](=O)[O-])cc1F)C(=O)O. The first-order valence-electron chi connectivity index (χ1n) is 4.59. The summed E-state index contributed by atoms with van der Waals surface area (Å²) in [6.07, 6.45) is -1.57. The topological polar surface area (TPSA) is 116 Å². The fourth-order valence-corrected chi connectivity index (χ4v) is 1.10. The first kappa shape index (κ1) is 13.8. The first-order chi connectivity index (χ1) is 8.36. The summed E-state index contributed by atoms with van der Waals surface area (Å²) in [6, 6.07) is 0.708. The molecule has 0 aliphatic heterocycles. The lowest BCUT2D eigenvalue weighted by molar-refractivity contribution is -0.387. The van der Waals surface area contributed by atoms with E-state index in [2.05, 4.69) is 4.74 Å². The Kier molecular flexibility index (Phi) is 4.10. The highest BCUT2D eigenvalue weighted by molar-refractivity contribution is 5.73. The summed E-state index contributed by atoms with van der Waals surface area (Å²) in [5.74, 6) is -4.80. The van der Waals surface area contributed by atoms with Crippen molar-refractivity contribution >= 4 is 11.7 Å². The van der Waals surface area contributed by atoms with Gasteiger partial charge in [0.15, 0.2) is 11.6 Å². The number of hydrogen-bond acceptors (Lipinski definition) is 5. The molecular formula is C9H8F2N2O5. The molecule has 1 unspecified atom stereocenters. The Balaban J connectivity index is 3.08. The lowest BCUT2D eigenvalue weighted by Gasteiger charge is -2.13. The summed E-state index contributed by atoms with van der Waals surface area (Å²) in [4.78, 5) is 19.8. The van der Waals surface area contributed by atoms with Crippen molar-refractivity contribution in [3.63, 3.8) is 0 Å². The van der Waals surface area contributed by atoms with Crippen molar-refractivity contribution in [1.29, 1.82) is 0 Å². The molecule has 3 N–H and O–H groups in total. The molecule has 18 heavy (non-hydrogen) atoms. The van der Waals surface area contributed by atoms with Gasteiger partial charge in [0, 0.05) is 12.6 Å². The van der Waals surface area contributed by atoms with Gasteiger partial charge < -0.3 is 15.6 Å². The van der Waals surface area contributed by atoms with Crippen molar-refractivity contribution in [1.82, 2.24) is 0 Å². The number of ether oxygens (including phenoxy) is 1. The van der Waals surface area contributed by atoms with Gasteiger partial charge in [-0.1, -0.05) is 0 Å². The third-order valence-electron chi connectivity index (χ3n) is 1.96. The summed E-state index contributed by atoms with van der Waals surface area (Å²) >= 11 is 0. The van der Waals surface area contributed by atoms with Crippen LogP contribution in [0.2, 0.25) is 0 Å². The standard InChI is InChI=1S/C9H8F2N2O5/c10-4-2-7(18-8(3-12)9(14)15)5(11)1-6(4)13(16)17/h1-2,8H,3,12H2,(H,14,15). The van der Waals surface area contributed by atoms with E-state index in [1.54, 1.807) is 0 Å². The number of nitrogens with zero attached hydrogens (tertiary/aromatic N) is 1. The number of nitro groups is 1. The molecule has 0 saturated heterocycles. The molecule has 1 aromatic carbocycles. The van der Waals surface area contributed by atoms with E-state index in [1.807, 2.05) is 0 Å². The number of nitro benzene ring substituents is 1. The van der Waals surface area contributed by atoms with Crippen LogP contribution in [0.3, 0.4) is 0 Å². The van der Waals surface area contributed by atoms with Crippen LogP contribution in [0.1, 0.15) is 0 Å². The van der Waals surface area contributed by atoms with Gasteiger partial charge in [0.2, 0.25) is 11.9 Å². The molecule has 0 saturated carbocycles. The second-order valence-electron chi connectivity index (χ2n) is 3.17. The van der Waals surface area contributed by atoms with Crippen LogP contribution in [0.4, 0.5) is 14.5 Å². The monoisotopic (exact) mass is 262 g/mol. The van der Waals surface area contributed by atoms with Gasteiger partial charge >= 0.3 is 11.7 Å². The van der Waals surface area contributed by atoms with Gasteiger partial charge in [0.25, 0.3) is 0 Å². The molecule has 7 nitrogen and oxygen atoms in total. The normalized spacial score (nSPS) is 11.9. The predicted molar refractivity (Wildman–Crippen MR) is 54.1 cm³/mol. The van der Waals surface area contributed by atoms with Crippen molar-refractivity contribution in [3.05, 3.63) is 33.9 Å². The zero-order valence-corrected chi connectivity index (χ0v) is 8.80. The molecular weight excluding hydrogens is 254 g/mol. The van der Waals surface area contributed by atoms with E-state index >= 15 is 0 Å². The summed E-state index contributed by atoms with van der Waals surface area (Å²) in [5, 5.41) is 18.9. The molecule has 0 aliphatic rings. The molecule has 0 heterocycles. The second-order valence-corrected chi connectivity index (χ2v) is 3.17. The van der Waals surface area contributed by atoms with Gasteiger partial charge in [0.1, 0.15) is 0 Å². The zero-order chi connectivity index (χ0) is 13.9. The highest BCUT2D eigenvalue weighted by Gasteiger charge is 2.23. The predicted octanol–water partition coefficient (Wildman–Crippen LogP) is 0.664. The van der Waals surface area contributed by atoms with Gasteiger partial charge in [0.05, 0.1) is 11.0 Å². The number of rotatable bonds is 5. The van der Waals surface area contributed by atoms with E-state index in [4.69, 9.17) is 10.8 Å². The molecule has 1 atom stereocenters. The van der Waals surface area contributed by atoms with Crippen LogP contribution in [0.5, 0.6) is 5.75 Å². The summed E-state index contributed by atoms with van der Waals surface area (Å²) in [7, 11) is 0. The molecule has 98 valence electrons. The molecule has 9 heteroatoms. The molecule has 0 radical (unpaired) electrons. The quantitative estimate of drug-likeness (QED) is 0.595. The number of aliphatic carboxylic acids is 1. The molecule has 0 amide bonds. The number of nitrogens with two attached hydrogens (primary N) is 1. The highest BCUT2D eigenvalue weighted by Crippen LogP contribution is 2.26. The molecule has 0 aliphatic carbocycles. The van der Waals surface area contributed by atoms with E-state index in [1.165, 1.54) is 0 Å². The van der Waals surface area contributed by atoms with E-state index in [9.17, 15) is 23.7 Å². The van der Waals surface area contributed by atoms with E-state index in [-0.39, 0.29) is 0 Å². The van der Waals surface area contributed by atoms with Crippen molar-refractivity contribution in [2.75, 3.05) is 6.54 Å². The second kappa shape index (κ2) is 5.36. The van der Waals surface area contributed by atoms with Crippen molar-refractivity contribution in [2.45, 2.75) is 6.10 Å². The maximum absolute atomic E-state index is 13.3. The van der Waals surface area contributed by atoms with Crippen molar-refractivity contribution < 1.29 is 28.3 Å². The Morgan fingerprint density at radius 2 is 2.11 bits per heavy atom. The number of hydrogen-bond donors (Lipinski definition) is 2. The average molecular weight is 262 g/mol. The van der Waals surface area contributed by atoms with Gasteiger partial charge in [-0.05, 0) is 0 Å². The molecule has 0 fully saturated rings. The third-order valence-corrected chi connectivity index (χ3v) is 1.96. The van der Waals surface area contributed by atoms with Crippen LogP contribution >= 0.6 is 0 Å². The Hall–Kier alpha value is -2.29. The van der Waals surface area contributed by atoms with E-state index < -0.39 is 46.6 Å². The molecule has 1 rings (SSSR count). The summed E-state index contributed by atoms with van der Waals surface area (Å²) in [5.41, 5.74) is 3.99. The Morgan fingerprint density at radius 1 is 1.50 bits per heavy atom. The van der Waals surface area contributed by atoms with Gasteiger partial charge in [-0.3, -0.25) is 10.1 Å². The number of halogens is 2. The highest BCUT2D eigenvalue weighted by atomic mass is 19.1. The minimum atomic E-state index is -1.57. The van der Waals surface area contributed by atoms with E-state index in [0.29, 0.717) is 12.1 Å². The Morgan fingerprint density at radius 3 is 2.56 bits per heavy atom. The van der Waals surface area contributed by atoms with Crippen LogP contribution < -0.4 is 10.5 Å². The van der Waals surface area contributed by atoms with Gasteiger partial charge in [-0.15, -0.1) is 0 Å². The minimum absolute atomic E-state index is 0.306. The molecule has 0 aromatic heterocycles. The summed E-state index contributed by atoms with van der Waals surface area (Å²) < 4.78 is 31.1. The van der Waals surface area contributed by atoms with Crippen LogP contribution in [0, 0.1) is 21.7 Å². The first-order valence-corrected chi connectivity index (χ1v) is 4.59. The largest absolute Gasteiger partial charge is 0.478 e. The fraction of sp³-hybridized carbons (Fsp3) is 0.222. The van der Waals surface area contributed by atoms with Crippen LogP contribution in [0.15, 0.2) is 12.1 Å². The van der Waals surface area contributed by atoms with Crippen molar-refractivity contribution in [2.24, 2.45) is 5.73 Å². The zero-order valence-electron chi connectivity index (χ0n) is 8.80. The maximum Gasteiger partial charge on any atom is 0.346 e. The summed E-state index contributed by atoms with van der Waals surface area (Å²) in [6.45, 7) is -0.465. The molecule has 0 spiro atoms. The Labute approximate surface area is 98.9 Å². The number of carboxylic acids is 1. The third kappa shape index (κ3) is 2.88. The Bertz CT molecular complexity index is 494.